The Morgan fingerprint density at radius 2 is 0.667 bits per heavy atom. The number of unbranched alkanes of at least 4 members (excludes halogenated alkanes) is 4. The molecule has 4 aromatic heterocycles. The van der Waals surface area contributed by atoms with Crippen molar-refractivity contribution in [3.05, 3.63) is 211 Å². The van der Waals surface area contributed by atoms with Crippen LogP contribution in [0.3, 0.4) is 0 Å². The standard InChI is InChI=1S/C26H37N5O2.C25H35N5O2.2C25H34N4O3/c1-4-5-16-33-26-28-23-21(10-11-22(23)25(27)29-26)24(32)20-8-6-19(7-9-20)17-30-12-14-31(15-13-30)18(2)3;1-3-4-16-32-25-27-22-20(10-11-21(22)24(26)28-25)23(31)19-8-6-18(7-9-19)17-30-13-5-12-29(2)14-15-30;1-4-5-12-31-25-27-22-20(10-11-21(22)24(26)28-25)23(30)19-8-6-18(7-9-19)15-29-13-16(2)32-17(3)14-29;1-3-4-15-32-25-27-22-20(9-10-21(22)24(26)28-25)23(30)18-7-5-17(6-8-18)16-29-13-11-19(31-2)12-14-29/h6-10,18,24,32H,4-5,11-17H2,1-3H3,(H2,27,28,29);6-10,23,31H,3-5,11-17H2,1-2H3,(H2,26,27,28);6-10,16-17,23,30H,4-5,11-15H2,1-3H3,(H2,26,27,28);5-9,19,23,30H,3-4,10-16H2,1-2H3,(H2,26,27,28). The quantitative estimate of drug-likeness (QED) is 0.0174. The number of rotatable bonds is 34. The average molecular weight is 1770 g/mol. The lowest BCUT2D eigenvalue weighted by atomic mass is 9.98. The number of allylic oxidation sites excluding steroid dienone is 4. The molecule has 4 aliphatic carbocycles. The third-order valence-electron chi connectivity index (χ3n) is 25.5. The number of aliphatic hydroxyl groups excluding tert-OH is 4. The van der Waals surface area contributed by atoms with E-state index in [1.807, 2.05) is 72.8 Å². The van der Waals surface area contributed by atoms with Crippen LogP contribution in [0.25, 0.3) is 22.3 Å². The number of aliphatic hydroxyl groups is 4. The SMILES string of the molecule is CCCCOc1nc(N)c2c(n1)C(C(O)c1ccc(CN3CC(C)OC(C)C3)cc1)=CC2.CCCCOc1nc(N)c2c(n1)C(C(O)c1ccc(CN3CCC(OC)CC3)cc1)=CC2.CCCCOc1nc(N)c2c(n1)C(C(O)c1ccc(CN3CCCN(C)CC3)cc1)=CC2.CCCCOc1nc(N)c2c(n1)C(C(O)c1ccc(CN3CCN(C(C)C)CC3)cc1)=CC2. The lowest BCUT2D eigenvalue weighted by Crippen LogP contribution is -2.48. The highest BCUT2D eigenvalue weighted by Crippen LogP contribution is 2.44. The largest absolute Gasteiger partial charge is 0.463 e. The number of nitrogens with two attached hydrogens (primary N) is 4. The highest BCUT2D eigenvalue weighted by Gasteiger charge is 2.34. The first-order valence-corrected chi connectivity index (χ1v) is 47.1. The number of nitrogens with zero attached hydrogens (tertiary/aromatic N) is 14. The molecule has 694 valence electrons. The van der Waals surface area contributed by atoms with Crippen LogP contribution in [0, 0.1) is 0 Å². The van der Waals surface area contributed by atoms with Crippen molar-refractivity contribution in [2.75, 3.05) is 142 Å². The Bertz CT molecular complexity index is 5050. The summed E-state index contributed by atoms with van der Waals surface area (Å²) in [4.78, 5) is 50.2. The number of morpholine rings is 1. The van der Waals surface area contributed by atoms with Crippen molar-refractivity contribution in [2.24, 2.45) is 0 Å². The van der Waals surface area contributed by atoms with Crippen LogP contribution in [0.1, 0.15) is 240 Å². The second-order valence-electron chi connectivity index (χ2n) is 35.7. The molecule has 8 aliphatic rings. The van der Waals surface area contributed by atoms with E-state index in [9.17, 15) is 20.4 Å². The molecule has 28 heteroatoms. The summed E-state index contributed by atoms with van der Waals surface area (Å²) < 4.78 is 34.0. The fourth-order valence-corrected chi connectivity index (χ4v) is 17.8. The van der Waals surface area contributed by atoms with Gasteiger partial charge in [0.25, 0.3) is 0 Å². The van der Waals surface area contributed by atoms with Gasteiger partial charge in [0.1, 0.15) is 47.7 Å². The van der Waals surface area contributed by atoms with Crippen molar-refractivity contribution >= 4 is 45.6 Å². The zero-order chi connectivity index (χ0) is 91.0. The summed E-state index contributed by atoms with van der Waals surface area (Å²) in [5.41, 5.74) is 42.3. The Balaban J connectivity index is 0.000000147. The molecule has 4 saturated heterocycles. The van der Waals surface area contributed by atoms with E-state index in [4.69, 9.17) is 51.4 Å². The van der Waals surface area contributed by atoms with E-state index < -0.39 is 24.4 Å². The number of anilines is 4. The molecular formula is C101H140N18O10. The second kappa shape index (κ2) is 47.3. The molecule has 28 nitrogen and oxygen atoms in total. The number of hydrogen-bond acceptors (Lipinski definition) is 28. The second-order valence-corrected chi connectivity index (χ2v) is 35.7. The lowest BCUT2D eigenvalue weighted by molar-refractivity contribution is -0.0704. The highest BCUT2D eigenvalue weighted by atomic mass is 16.5. The first-order chi connectivity index (χ1) is 62.5. The van der Waals surface area contributed by atoms with Crippen molar-refractivity contribution in [1.82, 2.24) is 69.3 Å². The summed E-state index contributed by atoms with van der Waals surface area (Å²) in [6, 6.07) is 34.7. The number of piperidine rings is 1. The molecule has 16 rings (SSSR count). The van der Waals surface area contributed by atoms with Gasteiger partial charge in [0.05, 0.1) is 67.5 Å². The number of benzene rings is 4. The molecule has 4 aliphatic heterocycles. The minimum atomic E-state index is -0.772. The van der Waals surface area contributed by atoms with Gasteiger partial charge in [-0.1, -0.05) is 175 Å². The maximum Gasteiger partial charge on any atom is 0.318 e. The molecule has 0 amide bonds. The van der Waals surface area contributed by atoms with E-state index in [0.29, 0.717) is 110 Å². The monoisotopic (exact) mass is 1770 g/mol. The predicted molar refractivity (Wildman–Crippen MR) is 510 cm³/mol. The Morgan fingerprint density at radius 3 is 0.961 bits per heavy atom. The number of fused-ring (bicyclic) bond motifs is 4. The first kappa shape index (κ1) is 96.6. The summed E-state index contributed by atoms with van der Waals surface area (Å²) in [5.74, 6) is 1.70. The molecule has 4 fully saturated rings. The zero-order valence-electron chi connectivity index (χ0n) is 77.7. The molecule has 129 heavy (non-hydrogen) atoms. The average Bonchev–Trinajstić information content (AvgIpc) is 1.66. The maximum absolute atomic E-state index is 11.1. The van der Waals surface area contributed by atoms with E-state index in [-0.39, 0.29) is 36.2 Å². The zero-order valence-corrected chi connectivity index (χ0v) is 77.7. The predicted octanol–water partition coefficient (Wildman–Crippen LogP) is 13.5. The van der Waals surface area contributed by atoms with Crippen LogP contribution in [0.5, 0.6) is 24.0 Å². The van der Waals surface area contributed by atoms with Crippen LogP contribution >= 0.6 is 0 Å². The van der Waals surface area contributed by atoms with Crippen molar-refractivity contribution in [1.29, 1.82) is 0 Å². The van der Waals surface area contributed by atoms with Gasteiger partial charge in [-0.05, 0) is 163 Å². The molecule has 0 saturated carbocycles. The Hall–Kier alpha value is -9.92. The third kappa shape index (κ3) is 26.1. The van der Waals surface area contributed by atoms with Crippen molar-refractivity contribution in [3.8, 4) is 24.0 Å². The lowest BCUT2D eigenvalue weighted by Gasteiger charge is -2.37. The van der Waals surface area contributed by atoms with E-state index in [2.05, 4.69) is 180 Å². The molecule has 0 radical (unpaired) electrons. The number of nitrogen functional groups attached to an aromatic ring is 4. The highest BCUT2D eigenvalue weighted by molar-refractivity contribution is 5.80. The van der Waals surface area contributed by atoms with Gasteiger partial charge in [-0.2, -0.15) is 39.9 Å². The number of likely N-dealkylation sites (tertiary alicyclic amines) is 1. The van der Waals surface area contributed by atoms with Gasteiger partial charge in [-0.25, -0.2) is 0 Å². The number of ether oxygens (including phenoxy) is 6. The molecule has 8 heterocycles. The van der Waals surface area contributed by atoms with Crippen LogP contribution in [0.15, 0.2) is 121 Å². The van der Waals surface area contributed by atoms with Gasteiger partial charge in [-0.15, -0.1) is 0 Å². The molecule has 4 aromatic carbocycles. The summed E-state index contributed by atoms with van der Waals surface area (Å²) in [5, 5.41) is 44.4. The van der Waals surface area contributed by atoms with Crippen molar-refractivity contribution < 1.29 is 48.8 Å². The fraction of sp³-hybridized carbons (Fsp3) is 0.525. The topological polar surface area (TPSA) is 363 Å². The Morgan fingerprint density at radius 1 is 0.380 bits per heavy atom. The number of piperazine rings is 1. The number of methoxy groups -OCH3 is 1. The summed E-state index contributed by atoms with van der Waals surface area (Å²) >= 11 is 0. The molecule has 12 N–H and O–H groups in total. The maximum atomic E-state index is 11.1. The van der Waals surface area contributed by atoms with Gasteiger partial charge in [-0.3, -0.25) is 24.5 Å². The van der Waals surface area contributed by atoms with Gasteiger partial charge >= 0.3 is 24.0 Å². The van der Waals surface area contributed by atoms with Crippen LogP contribution in [-0.4, -0.2) is 233 Å². The number of aromatic nitrogens is 8. The molecular weight excluding hydrogens is 1630 g/mol. The van der Waals surface area contributed by atoms with E-state index in [1.165, 1.54) is 28.7 Å². The van der Waals surface area contributed by atoms with Gasteiger partial charge in [0.2, 0.25) is 0 Å². The summed E-state index contributed by atoms with van der Waals surface area (Å²) in [7, 11) is 3.98. The van der Waals surface area contributed by atoms with Gasteiger partial charge < -0.3 is 76.7 Å². The van der Waals surface area contributed by atoms with Crippen molar-refractivity contribution in [2.45, 2.75) is 227 Å². The smallest absolute Gasteiger partial charge is 0.318 e. The minimum Gasteiger partial charge on any atom is -0.463 e. The van der Waals surface area contributed by atoms with Gasteiger partial charge in [0.15, 0.2) is 0 Å². The fourth-order valence-electron chi connectivity index (χ4n) is 17.8. The van der Waals surface area contributed by atoms with Crippen molar-refractivity contribution in [3.63, 3.8) is 0 Å². The molecule has 0 bridgehead atoms. The van der Waals surface area contributed by atoms with Crippen LogP contribution < -0.4 is 41.9 Å². The number of hydrogen-bond donors (Lipinski definition) is 8. The van der Waals surface area contributed by atoms with Crippen LogP contribution in [0.4, 0.5) is 23.3 Å². The van der Waals surface area contributed by atoms with Crippen LogP contribution in [0.2, 0.25) is 0 Å². The first-order valence-electron chi connectivity index (χ1n) is 47.1. The normalized spacial score (nSPS) is 18.9. The van der Waals surface area contributed by atoms with E-state index in [1.54, 1.807) is 7.11 Å². The minimum absolute atomic E-state index is 0.250. The molecule has 8 aromatic rings. The molecule has 6 atom stereocenters. The van der Waals surface area contributed by atoms with E-state index in [0.717, 1.165) is 236 Å². The Labute approximate surface area is 763 Å². The molecule has 6 unspecified atom stereocenters. The van der Waals surface area contributed by atoms with E-state index >= 15 is 0 Å². The van der Waals surface area contributed by atoms with Gasteiger partial charge in [0, 0.05) is 149 Å². The van der Waals surface area contributed by atoms with Crippen LogP contribution in [-0.2, 0) is 61.3 Å². The third-order valence-corrected chi connectivity index (χ3v) is 25.5. The summed E-state index contributed by atoms with van der Waals surface area (Å²) in [6.07, 6.45) is 19.6. The number of likely N-dealkylation sites (N-methyl/N-ethyl adjacent to an activating group) is 1. The Kier molecular flexibility index (Phi) is 35.4. The molecule has 0 spiro atoms. The summed E-state index contributed by atoms with van der Waals surface area (Å²) in [6.45, 7) is 36.0.